The smallest absolute Gasteiger partial charge is 0.310 e. The van der Waals surface area contributed by atoms with Gasteiger partial charge in [0.05, 0.1) is 22.6 Å². The number of carbonyl (C=O) groups is 2. The highest BCUT2D eigenvalue weighted by molar-refractivity contribution is 6.12. The van der Waals surface area contributed by atoms with Gasteiger partial charge in [0.15, 0.2) is 5.65 Å². The molecule has 1 fully saturated rings. The minimum atomic E-state index is -0.903. The fourth-order valence-electron chi connectivity index (χ4n) is 3.46. The average Bonchev–Trinajstić information content (AvgIpc) is 3.47. The molecule has 7 nitrogen and oxygen atoms in total. The topological polar surface area (TPSA) is 97.1 Å². The number of carboxylic acid groups (broad SMARTS) is 1. The van der Waals surface area contributed by atoms with Crippen LogP contribution in [-0.4, -0.2) is 31.7 Å². The number of aliphatic carboxylic acids is 1. The number of carbonyl (C=O) groups excluding carboxylic acids is 1. The second kappa shape index (κ2) is 6.74. The van der Waals surface area contributed by atoms with E-state index in [0.29, 0.717) is 28.4 Å². The molecule has 2 N–H and O–H groups in total. The third-order valence-corrected chi connectivity index (χ3v) is 5.24. The van der Waals surface area contributed by atoms with Crippen LogP contribution in [0.4, 0.5) is 5.69 Å². The lowest BCUT2D eigenvalue weighted by Gasteiger charge is -2.11. The molecule has 0 radical (unpaired) electrons. The zero-order valence-corrected chi connectivity index (χ0v) is 16.1. The summed E-state index contributed by atoms with van der Waals surface area (Å²) in [5.41, 5.74) is 4.14. The van der Waals surface area contributed by atoms with Crippen LogP contribution < -0.4 is 5.32 Å². The Kier molecular flexibility index (Phi) is 4.37. The number of aryl methyl sites for hydroxylation is 2. The van der Waals surface area contributed by atoms with Gasteiger partial charge in [-0.15, -0.1) is 0 Å². The van der Waals surface area contributed by atoms with Gasteiger partial charge >= 0.3 is 5.97 Å². The second-order valence-corrected chi connectivity index (χ2v) is 7.42. The van der Waals surface area contributed by atoms with Crippen molar-refractivity contribution in [3.63, 3.8) is 0 Å². The van der Waals surface area contributed by atoms with Crippen LogP contribution >= 0.6 is 0 Å². The number of rotatable bonds is 5. The molecule has 2 aromatic heterocycles. The molecule has 3 aromatic rings. The van der Waals surface area contributed by atoms with E-state index in [0.717, 1.165) is 29.6 Å². The van der Waals surface area contributed by atoms with Crippen LogP contribution in [0.5, 0.6) is 0 Å². The lowest BCUT2D eigenvalue weighted by molar-refractivity contribution is -0.138. The SMILES string of the molecule is Cc1nn(C)c2nc(C3CC3)cc(C(=O)Nc3cccc(C(C)C(=O)O)c3)c12. The van der Waals surface area contributed by atoms with Crippen LogP contribution in [0.15, 0.2) is 30.3 Å². The van der Waals surface area contributed by atoms with Gasteiger partial charge in [-0.25, -0.2) is 4.98 Å². The monoisotopic (exact) mass is 378 g/mol. The van der Waals surface area contributed by atoms with Crippen molar-refractivity contribution < 1.29 is 14.7 Å². The first-order valence-corrected chi connectivity index (χ1v) is 9.33. The van der Waals surface area contributed by atoms with Crippen molar-refractivity contribution >= 4 is 28.6 Å². The highest BCUT2D eigenvalue weighted by Gasteiger charge is 2.28. The Morgan fingerprint density at radius 2 is 2.04 bits per heavy atom. The summed E-state index contributed by atoms with van der Waals surface area (Å²) in [4.78, 5) is 29.1. The molecule has 1 unspecified atom stereocenters. The molecule has 2 heterocycles. The zero-order valence-electron chi connectivity index (χ0n) is 16.1. The van der Waals surface area contributed by atoms with E-state index in [1.54, 1.807) is 35.9 Å². The average molecular weight is 378 g/mol. The van der Waals surface area contributed by atoms with Crippen molar-refractivity contribution in [1.29, 1.82) is 0 Å². The molecule has 1 atom stereocenters. The molecular formula is C21H22N4O3. The Bertz CT molecular complexity index is 1100. The fraction of sp³-hybridized carbons (Fsp3) is 0.333. The van der Waals surface area contributed by atoms with Crippen LogP contribution in [0, 0.1) is 6.92 Å². The van der Waals surface area contributed by atoms with Gasteiger partial charge < -0.3 is 10.4 Å². The van der Waals surface area contributed by atoms with Crippen molar-refractivity contribution in [2.75, 3.05) is 5.32 Å². The van der Waals surface area contributed by atoms with E-state index in [1.165, 1.54) is 0 Å². The summed E-state index contributed by atoms with van der Waals surface area (Å²) in [6.07, 6.45) is 2.18. The molecular weight excluding hydrogens is 356 g/mol. The second-order valence-electron chi connectivity index (χ2n) is 7.42. The molecule has 7 heteroatoms. The van der Waals surface area contributed by atoms with Crippen molar-refractivity contribution in [2.45, 2.75) is 38.5 Å². The van der Waals surface area contributed by atoms with Gasteiger partial charge in [0, 0.05) is 24.3 Å². The van der Waals surface area contributed by atoms with Crippen molar-refractivity contribution in [3.05, 3.63) is 52.8 Å². The van der Waals surface area contributed by atoms with Gasteiger partial charge in [0.25, 0.3) is 5.91 Å². The molecule has 1 aliphatic carbocycles. The molecule has 1 amide bonds. The summed E-state index contributed by atoms with van der Waals surface area (Å²) in [6.45, 7) is 3.49. The van der Waals surface area contributed by atoms with E-state index in [2.05, 4.69) is 10.4 Å². The molecule has 0 spiro atoms. The molecule has 1 aliphatic rings. The number of fused-ring (bicyclic) bond motifs is 1. The normalized spacial score (nSPS) is 14.8. The van der Waals surface area contributed by atoms with Crippen LogP contribution in [0.25, 0.3) is 11.0 Å². The first-order chi connectivity index (χ1) is 13.3. The number of hydrogen-bond acceptors (Lipinski definition) is 4. The Labute approximate surface area is 162 Å². The van der Waals surface area contributed by atoms with Gasteiger partial charge in [-0.2, -0.15) is 5.10 Å². The third kappa shape index (κ3) is 3.24. The number of amides is 1. The van der Waals surface area contributed by atoms with Gasteiger partial charge in [-0.05, 0) is 50.5 Å². The van der Waals surface area contributed by atoms with Crippen LogP contribution in [0.2, 0.25) is 0 Å². The minimum Gasteiger partial charge on any atom is -0.481 e. The Morgan fingerprint density at radius 3 is 2.71 bits per heavy atom. The first kappa shape index (κ1) is 18.2. The summed E-state index contributed by atoms with van der Waals surface area (Å²) in [7, 11) is 1.83. The quantitative estimate of drug-likeness (QED) is 0.707. The molecule has 1 aromatic carbocycles. The lowest BCUT2D eigenvalue weighted by Crippen LogP contribution is -2.14. The van der Waals surface area contributed by atoms with E-state index in [4.69, 9.17) is 4.98 Å². The molecule has 0 saturated heterocycles. The van der Waals surface area contributed by atoms with E-state index in [-0.39, 0.29) is 5.91 Å². The maximum Gasteiger partial charge on any atom is 0.310 e. The first-order valence-electron chi connectivity index (χ1n) is 9.33. The highest BCUT2D eigenvalue weighted by atomic mass is 16.4. The van der Waals surface area contributed by atoms with Gasteiger partial charge in [0.2, 0.25) is 0 Å². The predicted octanol–water partition coefficient (Wildman–Crippen LogP) is 3.59. The molecule has 144 valence electrons. The van der Waals surface area contributed by atoms with Crippen molar-refractivity contribution in [1.82, 2.24) is 14.8 Å². The van der Waals surface area contributed by atoms with Crippen LogP contribution in [-0.2, 0) is 11.8 Å². The number of benzene rings is 1. The summed E-state index contributed by atoms with van der Waals surface area (Å²) >= 11 is 0. The maximum absolute atomic E-state index is 13.1. The number of hydrogen-bond donors (Lipinski definition) is 2. The molecule has 0 aliphatic heterocycles. The van der Waals surface area contributed by atoms with Crippen molar-refractivity contribution in [2.24, 2.45) is 7.05 Å². The Hall–Kier alpha value is -3.22. The number of anilines is 1. The minimum absolute atomic E-state index is 0.245. The number of aromatic nitrogens is 3. The van der Waals surface area contributed by atoms with Crippen LogP contribution in [0.3, 0.4) is 0 Å². The molecule has 0 bridgehead atoms. The lowest BCUT2D eigenvalue weighted by atomic mass is 10.0. The number of nitrogens with zero attached hydrogens (tertiary/aromatic N) is 3. The Balaban J connectivity index is 1.71. The van der Waals surface area contributed by atoms with E-state index in [9.17, 15) is 14.7 Å². The summed E-state index contributed by atoms with van der Waals surface area (Å²) in [5, 5.41) is 17.3. The van der Waals surface area contributed by atoms with Crippen molar-refractivity contribution in [3.8, 4) is 0 Å². The largest absolute Gasteiger partial charge is 0.481 e. The maximum atomic E-state index is 13.1. The highest BCUT2D eigenvalue weighted by Crippen LogP contribution is 2.40. The zero-order chi connectivity index (χ0) is 20.0. The summed E-state index contributed by atoms with van der Waals surface area (Å²) < 4.78 is 1.71. The molecule has 28 heavy (non-hydrogen) atoms. The Morgan fingerprint density at radius 1 is 1.29 bits per heavy atom. The van der Waals surface area contributed by atoms with E-state index < -0.39 is 11.9 Å². The van der Waals surface area contributed by atoms with Crippen LogP contribution in [0.1, 0.15) is 58.9 Å². The predicted molar refractivity (Wildman–Crippen MR) is 106 cm³/mol. The molecule has 4 rings (SSSR count). The molecule has 1 saturated carbocycles. The van der Waals surface area contributed by atoms with E-state index in [1.807, 2.05) is 20.0 Å². The van der Waals surface area contributed by atoms with Gasteiger partial charge in [-0.1, -0.05) is 12.1 Å². The third-order valence-electron chi connectivity index (χ3n) is 5.24. The number of pyridine rings is 1. The summed E-state index contributed by atoms with van der Waals surface area (Å²) in [6, 6.07) is 8.82. The number of nitrogens with one attached hydrogen (secondary N) is 1. The fourth-order valence-corrected chi connectivity index (χ4v) is 3.46. The standard InChI is InChI=1S/C21H22N4O3/c1-11(21(27)28)14-5-4-6-15(9-14)22-20(26)16-10-17(13-7-8-13)23-19-18(16)12(2)24-25(19)3/h4-6,9-11,13H,7-8H2,1-3H3,(H,22,26)(H,27,28). The summed E-state index contributed by atoms with van der Waals surface area (Å²) in [5.74, 6) is -1.39. The van der Waals surface area contributed by atoms with Gasteiger partial charge in [-0.3, -0.25) is 14.3 Å². The number of carboxylic acids is 1. The van der Waals surface area contributed by atoms with Gasteiger partial charge in [0.1, 0.15) is 0 Å². The van der Waals surface area contributed by atoms with E-state index >= 15 is 0 Å².